The molecule has 2 aliphatic rings. The largest absolute Gasteiger partial charge is 0.391 e. The standard InChI is InChI=1S/C14H27NO/c1-13(2)8-6-12(16)11(10-13)15-9-5-7-14(15,3)4/h11-12,16H,5-10H2,1-4H3. The van der Waals surface area contributed by atoms with Crippen LogP contribution in [0.4, 0.5) is 0 Å². The first kappa shape index (κ1) is 12.4. The molecule has 2 heteroatoms. The Morgan fingerprint density at radius 1 is 1.12 bits per heavy atom. The highest BCUT2D eigenvalue weighted by molar-refractivity contribution is 4.98. The molecule has 2 rings (SSSR count). The third-order valence-electron chi connectivity index (χ3n) is 4.69. The molecule has 0 aromatic heterocycles. The third-order valence-corrected chi connectivity index (χ3v) is 4.69. The fraction of sp³-hybridized carbons (Fsp3) is 1.00. The Morgan fingerprint density at radius 3 is 2.38 bits per heavy atom. The smallest absolute Gasteiger partial charge is 0.0696 e. The van der Waals surface area contributed by atoms with Gasteiger partial charge in [-0.15, -0.1) is 0 Å². The van der Waals surface area contributed by atoms with Crippen molar-refractivity contribution >= 4 is 0 Å². The van der Waals surface area contributed by atoms with Crippen LogP contribution in [0.3, 0.4) is 0 Å². The summed E-state index contributed by atoms with van der Waals surface area (Å²) in [7, 11) is 0. The summed E-state index contributed by atoms with van der Waals surface area (Å²) in [4.78, 5) is 2.57. The van der Waals surface area contributed by atoms with E-state index in [-0.39, 0.29) is 6.10 Å². The van der Waals surface area contributed by atoms with Gasteiger partial charge in [-0.1, -0.05) is 13.8 Å². The van der Waals surface area contributed by atoms with Crippen LogP contribution in [0.15, 0.2) is 0 Å². The summed E-state index contributed by atoms with van der Waals surface area (Å²) < 4.78 is 0. The molecule has 0 bridgehead atoms. The third kappa shape index (κ3) is 2.28. The van der Waals surface area contributed by atoms with Crippen LogP contribution in [0.25, 0.3) is 0 Å². The van der Waals surface area contributed by atoms with E-state index in [9.17, 15) is 5.11 Å². The highest BCUT2D eigenvalue weighted by Crippen LogP contribution is 2.41. The lowest BCUT2D eigenvalue weighted by atomic mass is 9.73. The lowest BCUT2D eigenvalue weighted by Gasteiger charge is -2.47. The van der Waals surface area contributed by atoms with E-state index in [1.807, 2.05) is 0 Å². The number of aliphatic hydroxyl groups excluding tert-OH is 1. The average molecular weight is 225 g/mol. The molecular formula is C14H27NO. The van der Waals surface area contributed by atoms with E-state index in [0.29, 0.717) is 17.0 Å². The Bertz CT molecular complexity index is 259. The van der Waals surface area contributed by atoms with Crippen LogP contribution in [0.5, 0.6) is 0 Å². The number of rotatable bonds is 1. The van der Waals surface area contributed by atoms with Crippen LogP contribution in [-0.4, -0.2) is 34.2 Å². The van der Waals surface area contributed by atoms with E-state index < -0.39 is 0 Å². The zero-order valence-electron chi connectivity index (χ0n) is 11.3. The normalized spacial score (nSPS) is 38.8. The summed E-state index contributed by atoms with van der Waals surface area (Å²) in [5.74, 6) is 0. The molecule has 1 N–H and O–H groups in total. The average Bonchev–Trinajstić information content (AvgIpc) is 2.50. The number of aliphatic hydroxyl groups is 1. The summed E-state index contributed by atoms with van der Waals surface area (Å²) in [5.41, 5.74) is 0.696. The predicted molar refractivity (Wildman–Crippen MR) is 67.4 cm³/mol. The predicted octanol–water partition coefficient (Wildman–Crippen LogP) is 2.80. The quantitative estimate of drug-likeness (QED) is 0.742. The first-order chi connectivity index (χ1) is 7.32. The molecule has 0 spiro atoms. The molecule has 1 heterocycles. The number of hydrogen-bond acceptors (Lipinski definition) is 2. The van der Waals surface area contributed by atoms with Gasteiger partial charge in [0.25, 0.3) is 0 Å². The lowest BCUT2D eigenvalue weighted by molar-refractivity contribution is -0.0395. The minimum absolute atomic E-state index is 0.106. The topological polar surface area (TPSA) is 23.5 Å². The van der Waals surface area contributed by atoms with Gasteiger partial charge < -0.3 is 5.11 Å². The van der Waals surface area contributed by atoms with Crippen LogP contribution in [0.2, 0.25) is 0 Å². The van der Waals surface area contributed by atoms with E-state index in [1.54, 1.807) is 0 Å². The zero-order valence-corrected chi connectivity index (χ0v) is 11.3. The number of likely N-dealkylation sites (tertiary alicyclic amines) is 1. The van der Waals surface area contributed by atoms with Crippen molar-refractivity contribution in [3.63, 3.8) is 0 Å². The summed E-state index contributed by atoms with van der Waals surface area (Å²) in [5, 5.41) is 10.3. The van der Waals surface area contributed by atoms with Crippen LogP contribution in [0, 0.1) is 5.41 Å². The highest BCUT2D eigenvalue weighted by atomic mass is 16.3. The molecule has 2 unspecified atom stereocenters. The monoisotopic (exact) mass is 225 g/mol. The van der Waals surface area contributed by atoms with Crippen molar-refractivity contribution < 1.29 is 5.11 Å². The van der Waals surface area contributed by atoms with Crippen molar-refractivity contribution in [1.82, 2.24) is 4.90 Å². The molecule has 16 heavy (non-hydrogen) atoms. The van der Waals surface area contributed by atoms with Crippen molar-refractivity contribution in [3.8, 4) is 0 Å². The molecule has 1 saturated heterocycles. The molecule has 94 valence electrons. The number of hydrogen-bond donors (Lipinski definition) is 1. The van der Waals surface area contributed by atoms with Crippen molar-refractivity contribution in [2.45, 2.75) is 77.5 Å². The van der Waals surface area contributed by atoms with Gasteiger partial charge >= 0.3 is 0 Å². The highest BCUT2D eigenvalue weighted by Gasteiger charge is 2.43. The van der Waals surface area contributed by atoms with E-state index in [0.717, 1.165) is 12.8 Å². The Balaban J connectivity index is 2.12. The molecule has 1 aliphatic carbocycles. The van der Waals surface area contributed by atoms with Gasteiger partial charge in [-0.2, -0.15) is 0 Å². The molecule has 0 aromatic carbocycles. The van der Waals surface area contributed by atoms with Crippen LogP contribution < -0.4 is 0 Å². The van der Waals surface area contributed by atoms with Crippen molar-refractivity contribution in [2.75, 3.05) is 6.54 Å². The van der Waals surface area contributed by atoms with Crippen LogP contribution >= 0.6 is 0 Å². The summed E-state index contributed by atoms with van der Waals surface area (Å²) in [6.45, 7) is 10.5. The van der Waals surface area contributed by atoms with Gasteiger partial charge in [0.2, 0.25) is 0 Å². The molecule has 0 aromatic rings. The molecule has 2 atom stereocenters. The Labute approximate surface area is 100 Å². The molecule has 2 nitrogen and oxygen atoms in total. The minimum atomic E-state index is -0.106. The lowest BCUT2D eigenvalue weighted by Crippen LogP contribution is -2.54. The van der Waals surface area contributed by atoms with E-state index >= 15 is 0 Å². The van der Waals surface area contributed by atoms with Gasteiger partial charge in [-0.25, -0.2) is 0 Å². The Kier molecular flexibility index (Phi) is 3.09. The molecule has 1 saturated carbocycles. The van der Waals surface area contributed by atoms with Gasteiger partial charge in [0.15, 0.2) is 0 Å². The maximum Gasteiger partial charge on any atom is 0.0696 e. The van der Waals surface area contributed by atoms with Crippen molar-refractivity contribution in [1.29, 1.82) is 0 Å². The maximum absolute atomic E-state index is 10.3. The Hall–Kier alpha value is -0.0800. The second-order valence-electron chi connectivity index (χ2n) is 7.15. The first-order valence-corrected chi connectivity index (χ1v) is 6.77. The summed E-state index contributed by atoms with van der Waals surface area (Å²) >= 11 is 0. The summed E-state index contributed by atoms with van der Waals surface area (Å²) in [6, 6.07) is 0.390. The van der Waals surface area contributed by atoms with Crippen LogP contribution in [-0.2, 0) is 0 Å². The molecular weight excluding hydrogens is 198 g/mol. The zero-order chi connectivity index (χ0) is 12.0. The van der Waals surface area contributed by atoms with Gasteiger partial charge in [-0.05, 0) is 57.9 Å². The maximum atomic E-state index is 10.3. The molecule has 1 aliphatic heterocycles. The van der Waals surface area contributed by atoms with Crippen LogP contribution in [0.1, 0.15) is 59.8 Å². The molecule has 0 radical (unpaired) electrons. The van der Waals surface area contributed by atoms with E-state index in [2.05, 4.69) is 32.6 Å². The van der Waals surface area contributed by atoms with Gasteiger partial charge in [-0.3, -0.25) is 4.90 Å². The second kappa shape index (κ2) is 3.99. The van der Waals surface area contributed by atoms with Gasteiger partial charge in [0.1, 0.15) is 0 Å². The van der Waals surface area contributed by atoms with Crippen molar-refractivity contribution in [3.05, 3.63) is 0 Å². The molecule has 2 fully saturated rings. The van der Waals surface area contributed by atoms with Crippen molar-refractivity contribution in [2.24, 2.45) is 5.41 Å². The summed E-state index contributed by atoms with van der Waals surface area (Å²) in [6.07, 6.45) is 5.75. The minimum Gasteiger partial charge on any atom is -0.391 e. The molecule has 0 amide bonds. The first-order valence-electron chi connectivity index (χ1n) is 6.77. The SMILES string of the molecule is CC1(C)CCC(O)C(N2CCCC2(C)C)C1. The van der Waals surface area contributed by atoms with E-state index in [1.165, 1.54) is 25.8 Å². The second-order valence-corrected chi connectivity index (χ2v) is 7.15. The fourth-order valence-electron chi connectivity index (χ4n) is 3.60. The number of nitrogens with zero attached hydrogens (tertiary/aromatic N) is 1. The van der Waals surface area contributed by atoms with Gasteiger partial charge in [0, 0.05) is 11.6 Å². The van der Waals surface area contributed by atoms with E-state index in [4.69, 9.17) is 0 Å². The van der Waals surface area contributed by atoms with Gasteiger partial charge in [0.05, 0.1) is 6.10 Å². The Morgan fingerprint density at radius 2 is 1.81 bits per heavy atom. The fourth-order valence-corrected chi connectivity index (χ4v) is 3.60.